The summed E-state index contributed by atoms with van der Waals surface area (Å²) in [6.07, 6.45) is 3.56. The summed E-state index contributed by atoms with van der Waals surface area (Å²) in [6.45, 7) is 3.07. The highest BCUT2D eigenvalue weighted by atomic mass is 35.5. The molecule has 5 heterocycles. The first-order chi connectivity index (χ1) is 16.1. The number of aromatic nitrogens is 2. The summed E-state index contributed by atoms with van der Waals surface area (Å²) in [5.74, 6) is 1.73. The summed E-state index contributed by atoms with van der Waals surface area (Å²) in [5, 5.41) is 3.89. The van der Waals surface area contributed by atoms with Crippen molar-refractivity contribution in [2.24, 2.45) is 11.7 Å². The summed E-state index contributed by atoms with van der Waals surface area (Å²) >= 11 is 8.22. The second kappa shape index (κ2) is 8.42. The zero-order valence-corrected chi connectivity index (χ0v) is 19.8. The minimum Gasteiger partial charge on any atom is -0.377 e. The van der Waals surface area contributed by atoms with E-state index >= 15 is 0 Å². The number of nitrogens with zero attached hydrogens (tertiary/aromatic N) is 4. The maximum Gasteiger partial charge on any atom is 0.229 e. The molecule has 2 aromatic heterocycles. The number of thiophene rings is 1. The first-order valence-electron chi connectivity index (χ1n) is 11.5. The van der Waals surface area contributed by atoms with Gasteiger partial charge in [0, 0.05) is 41.0 Å². The third-order valence-electron chi connectivity index (χ3n) is 7.11. The quantitative estimate of drug-likeness (QED) is 0.588. The Balaban J connectivity index is 1.48. The van der Waals surface area contributed by atoms with Crippen LogP contribution in [0.3, 0.4) is 0 Å². The number of halogens is 1. The van der Waals surface area contributed by atoms with Crippen molar-refractivity contribution in [2.75, 3.05) is 36.1 Å². The second-order valence-electron chi connectivity index (χ2n) is 9.26. The van der Waals surface area contributed by atoms with Crippen LogP contribution in [0.25, 0.3) is 21.3 Å². The van der Waals surface area contributed by atoms with E-state index in [9.17, 15) is 4.79 Å². The Morgan fingerprint density at radius 3 is 2.70 bits per heavy atom. The van der Waals surface area contributed by atoms with Crippen molar-refractivity contribution in [1.82, 2.24) is 9.97 Å². The molecule has 6 rings (SSSR count). The largest absolute Gasteiger partial charge is 0.377 e. The van der Waals surface area contributed by atoms with Crippen LogP contribution in [0.5, 0.6) is 0 Å². The van der Waals surface area contributed by atoms with Crippen molar-refractivity contribution in [3.8, 4) is 11.1 Å². The van der Waals surface area contributed by atoms with Gasteiger partial charge in [0.05, 0.1) is 30.7 Å². The number of hydrogen-bond acceptors (Lipinski definition) is 7. The van der Waals surface area contributed by atoms with E-state index in [2.05, 4.69) is 15.2 Å². The standard InChI is InChI=1S/C24H26ClN5O2S/c25-19-4-2-1-3-17(19)18-13-33-23-21(18)22(29-8-7-14(10-29)9-20(26)31)27-24(28-23)30-15-5-6-16(30)12-32-11-15/h1-4,13-16H,5-12H2,(H2,26,31). The molecule has 9 heteroatoms. The summed E-state index contributed by atoms with van der Waals surface area (Å²) in [7, 11) is 0. The number of rotatable bonds is 5. The lowest BCUT2D eigenvalue weighted by Gasteiger charge is -2.35. The number of anilines is 2. The van der Waals surface area contributed by atoms with Gasteiger partial charge in [-0.25, -0.2) is 4.98 Å². The molecule has 3 atom stereocenters. The number of ether oxygens (including phenoxy) is 1. The Labute approximate surface area is 201 Å². The average Bonchev–Trinajstić information content (AvgIpc) is 3.49. The number of morpholine rings is 1. The van der Waals surface area contributed by atoms with E-state index in [1.165, 1.54) is 0 Å². The second-order valence-corrected chi connectivity index (χ2v) is 10.5. The SMILES string of the molecule is NC(=O)CC1CCN(c2nc(N3C4CCC3COC4)nc3scc(-c4ccccc4Cl)c23)C1. The number of fused-ring (bicyclic) bond motifs is 3. The molecule has 3 aromatic rings. The Kier molecular flexibility index (Phi) is 5.39. The van der Waals surface area contributed by atoms with Crippen LogP contribution < -0.4 is 15.5 Å². The van der Waals surface area contributed by atoms with Crippen LogP contribution >= 0.6 is 22.9 Å². The molecule has 0 spiro atoms. The first-order valence-corrected chi connectivity index (χ1v) is 12.8. The molecule has 3 unspecified atom stereocenters. The summed E-state index contributed by atoms with van der Waals surface area (Å²) in [4.78, 5) is 27.4. The van der Waals surface area contributed by atoms with Crippen LogP contribution in [0.15, 0.2) is 29.6 Å². The van der Waals surface area contributed by atoms with Crippen molar-refractivity contribution in [2.45, 2.75) is 37.8 Å². The molecule has 172 valence electrons. The van der Waals surface area contributed by atoms with Crippen LogP contribution in [-0.4, -0.2) is 54.3 Å². The number of carbonyl (C=O) groups is 1. The molecule has 0 saturated carbocycles. The fourth-order valence-corrected chi connectivity index (χ4v) is 6.73. The van der Waals surface area contributed by atoms with Crippen molar-refractivity contribution < 1.29 is 9.53 Å². The fourth-order valence-electron chi connectivity index (χ4n) is 5.57. The maximum atomic E-state index is 11.5. The molecule has 1 aromatic carbocycles. The van der Waals surface area contributed by atoms with Gasteiger partial charge in [-0.15, -0.1) is 11.3 Å². The monoisotopic (exact) mass is 483 g/mol. The van der Waals surface area contributed by atoms with Crippen molar-refractivity contribution in [3.05, 3.63) is 34.7 Å². The molecular formula is C24H26ClN5O2S. The normalized spacial score (nSPS) is 24.7. The Morgan fingerprint density at radius 1 is 1.15 bits per heavy atom. The van der Waals surface area contributed by atoms with E-state index < -0.39 is 0 Å². The van der Waals surface area contributed by atoms with Crippen LogP contribution in [-0.2, 0) is 9.53 Å². The van der Waals surface area contributed by atoms with Crippen LogP contribution in [0, 0.1) is 5.92 Å². The molecule has 0 aliphatic carbocycles. The number of primary amides is 1. The van der Waals surface area contributed by atoms with Gasteiger partial charge in [-0.1, -0.05) is 29.8 Å². The summed E-state index contributed by atoms with van der Waals surface area (Å²) in [5.41, 5.74) is 7.54. The van der Waals surface area contributed by atoms with Crippen molar-refractivity contribution >= 4 is 50.8 Å². The Hall–Kier alpha value is -2.42. The third-order valence-corrected chi connectivity index (χ3v) is 8.32. The topological polar surface area (TPSA) is 84.6 Å². The molecule has 2 bridgehead atoms. The zero-order valence-electron chi connectivity index (χ0n) is 18.2. The molecule has 3 fully saturated rings. The minimum absolute atomic E-state index is 0.243. The van der Waals surface area contributed by atoms with Gasteiger partial charge in [0.25, 0.3) is 0 Å². The molecule has 33 heavy (non-hydrogen) atoms. The number of amides is 1. The molecule has 3 aliphatic heterocycles. The van der Waals surface area contributed by atoms with Crippen molar-refractivity contribution in [1.29, 1.82) is 0 Å². The zero-order chi connectivity index (χ0) is 22.5. The van der Waals surface area contributed by atoms with Crippen LogP contribution in [0.4, 0.5) is 11.8 Å². The van der Waals surface area contributed by atoms with Gasteiger partial charge in [0.15, 0.2) is 0 Å². The van der Waals surface area contributed by atoms with Gasteiger partial charge in [-0.2, -0.15) is 4.98 Å². The Morgan fingerprint density at radius 2 is 1.94 bits per heavy atom. The van der Waals surface area contributed by atoms with E-state index in [1.807, 2.05) is 24.3 Å². The van der Waals surface area contributed by atoms with E-state index in [-0.39, 0.29) is 11.8 Å². The van der Waals surface area contributed by atoms with E-state index in [0.717, 1.165) is 78.7 Å². The minimum atomic E-state index is -0.243. The smallest absolute Gasteiger partial charge is 0.229 e. The molecular weight excluding hydrogens is 458 g/mol. The Bertz CT molecular complexity index is 1200. The molecule has 3 saturated heterocycles. The van der Waals surface area contributed by atoms with Gasteiger partial charge >= 0.3 is 0 Å². The van der Waals surface area contributed by atoms with Gasteiger partial charge in [0.1, 0.15) is 10.6 Å². The predicted octanol–water partition coefficient (Wildman–Crippen LogP) is 4.08. The lowest BCUT2D eigenvalue weighted by Crippen LogP contribution is -2.46. The molecule has 1 amide bonds. The molecule has 7 nitrogen and oxygen atoms in total. The lowest BCUT2D eigenvalue weighted by molar-refractivity contribution is -0.118. The summed E-state index contributed by atoms with van der Waals surface area (Å²) in [6, 6.07) is 8.57. The summed E-state index contributed by atoms with van der Waals surface area (Å²) < 4.78 is 5.79. The fraction of sp³-hybridized carbons (Fsp3) is 0.458. The van der Waals surface area contributed by atoms with Crippen LogP contribution in [0.1, 0.15) is 25.7 Å². The highest BCUT2D eigenvalue weighted by Gasteiger charge is 2.40. The van der Waals surface area contributed by atoms with Gasteiger partial charge in [-0.05, 0) is 31.2 Å². The first kappa shape index (κ1) is 21.1. The molecule has 3 aliphatic rings. The number of carbonyl (C=O) groups excluding carboxylic acids is 1. The molecule has 0 radical (unpaired) electrons. The number of benzene rings is 1. The van der Waals surface area contributed by atoms with Crippen LogP contribution in [0.2, 0.25) is 5.02 Å². The van der Waals surface area contributed by atoms with Crippen molar-refractivity contribution in [3.63, 3.8) is 0 Å². The maximum absolute atomic E-state index is 11.5. The molecule has 2 N–H and O–H groups in total. The van der Waals surface area contributed by atoms with Gasteiger partial charge < -0.3 is 20.3 Å². The van der Waals surface area contributed by atoms with Gasteiger partial charge in [0.2, 0.25) is 11.9 Å². The number of nitrogens with two attached hydrogens (primary N) is 1. The third kappa shape index (κ3) is 3.74. The lowest BCUT2D eigenvalue weighted by atomic mass is 10.0. The predicted molar refractivity (Wildman–Crippen MR) is 132 cm³/mol. The highest BCUT2D eigenvalue weighted by Crippen LogP contribution is 2.44. The van der Waals surface area contributed by atoms with E-state index in [0.29, 0.717) is 23.5 Å². The van der Waals surface area contributed by atoms with Gasteiger partial charge in [-0.3, -0.25) is 4.79 Å². The number of hydrogen-bond donors (Lipinski definition) is 1. The van der Waals surface area contributed by atoms with E-state index in [4.69, 9.17) is 32.0 Å². The van der Waals surface area contributed by atoms with E-state index in [1.54, 1.807) is 11.3 Å². The highest BCUT2D eigenvalue weighted by molar-refractivity contribution is 7.17. The average molecular weight is 484 g/mol.